The summed E-state index contributed by atoms with van der Waals surface area (Å²) in [5.41, 5.74) is 7.11. The van der Waals surface area contributed by atoms with Crippen molar-refractivity contribution < 1.29 is 4.52 Å². The largest absolute Gasteiger partial charge is 0.398 e. The number of benzene rings is 1. The lowest BCUT2D eigenvalue weighted by molar-refractivity contribution is 0.392. The van der Waals surface area contributed by atoms with Gasteiger partial charge in [-0.05, 0) is 32.3 Å². The first-order chi connectivity index (χ1) is 8.56. The fraction of sp³-hybridized carbons (Fsp3) is 0.333. The SMILES string of the molecule is CN(C)CCc1noc(-c2ccc(Cl)cc2N)n1. The molecule has 0 spiro atoms. The fourth-order valence-electron chi connectivity index (χ4n) is 1.52. The maximum atomic E-state index is 5.86. The van der Waals surface area contributed by atoms with Crippen LogP contribution in [0.1, 0.15) is 5.82 Å². The summed E-state index contributed by atoms with van der Waals surface area (Å²) in [4.78, 5) is 6.38. The molecule has 1 heterocycles. The van der Waals surface area contributed by atoms with Crippen LogP contribution in [0.25, 0.3) is 11.5 Å². The molecule has 0 aliphatic heterocycles. The first-order valence-corrected chi connectivity index (χ1v) is 5.97. The van der Waals surface area contributed by atoms with E-state index in [2.05, 4.69) is 15.0 Å². The monoisotopic (exact) mass is 266 g/mol. The van der Waals surface area contributed by atoms with Crippen molar-refractivity contribution >= 4 is 17.3 Å². The van der Waals surface area contributed by atoms with Crippen LogP contribution in [0.5, 0.6) is 0 Å². The Bertz CT molecular complexity index is 539. The number of nitrogens with zero attached hydrogens (tertiary/aromatic N) is 3. The van der Waals surface area contributed by atoms with Crippen molar-refractivity contribution in [3.8, 4) is 11.5 Å². The number of nitrogens with two attached hydrogens (primary N) is 1. The Morgan fingerprint density at radius 3 is 2.83 bits per heavy atom. The average molecular weight is 267 g/mol. The first kappa shape index (κ1) is 12.9. The standard InChI is InChI=1S/C12H15ClN4O/c1-17(2)6-5-11-15-12(18-16-11)9-4-3-8(13)7-10(9)14/h3-4,7H,5-6,14H2,1-2H3. The van der Waals surface area contributed by atoms with Gasteiger partial charge in [0, 0.05) is 23.7 Å². The van der Waals surface area contributed by atoms with Gasteiger partial charge in [0.05, 0.1) is 5.56 Å². The van der Waals surface area contributed by atoms with Crippen molar-refractivity contribution in [1.29, 1.82) is 0 Å². The Kier molecular flexibility index (Phi) is 3.84. The van der Waals surface area contributed by atoms with Gasteiger partial charge in [0.15, 0.2) is 5.82 Å². The van der Waals surface area contributed by atoms with Crippen molar-refractivity contribution in [3.05, 3.63) is 29.0 Å². The molecule has 0 saturated carbocycles. The minimum Gasteiger partial charge on any atom is -0.398 e. The van der Waals surface area contributed by atoms with Crippen molar-refractivity contribution in [2.75, 3.05) is 26.4 Å². The number of nitrogen functional groups attached to an aromatic ring is 1. The zero-order valence-corrected chi connectivity index (χ0v) is 11.1. The predicted octanol–water partition coefficient (Wildman–Crippen LogP) is 2.08. The molecule has 96 valence electrons. The van der Waals surface area contributed by atoms with Gasteiger partial charge < -0.3 is 15.2 Å². The molecular formula is C12H15ClN4O. The van der Waals surface area contributed by atoms with Crippen LogP contribution in [0.2, 0.25) is 5.02 Å². The van der Waals surface area contributed by atoms with Gasteiger partial charge in [-0.2, -0.15) is 4.98 Å². The molecule has 0 radical (unpaired) electrons. The zero-order chi connectivity index (χ0) is 13.1. The Morgan fingerprint density at radius 1 is 1.39 bits per heavy atom. The molecule has 2 aromatic rings. The van der Waals surface area contributed by atoms with Gasteiger partial charge in [-0.1, -0.05) is 16.8 Å². The van der Waals surface area contributed by atoms with Crippen LogP contribution in [-0.2, 0) is 6.42 Å². The highest BCUT2D eigenvalue weighted by Crippen LogP contribution is 2.26. The van der Waals surface area contributed by atoms with E-state index < -0.39 is 0 Å². The molecule has 2 N–H and O–H groups in total. The number of halogens is 1. The van der Waals surface area contributed by atoms with Gasteiger partial charge in [0.2, 0.25) is 0 Å². The summed E-state index contributed by atoms with van der Waals surface area (Å²) in [7, 11) is 4.00. The molecule has 1 aromatic heterocycles. The van der Waals surface area contributed by atoms with E-state index in [0.29, 0.717) is 28.0 Å². The molecule has 2 rings (SSSR count). The van der Waals surface area contributed by atoms with Gasteiger partial charge in [0.25, 0.3) is 5.89 Å². The van der Waals surface area contributed by atoms with Crippen molar-refractivity contribution in [2.45, 2.75) is 6.42 Å². The number of anilines is 1. The number of likely N-dealkylation sites (N-methyl/N-ethyl adjacent to an activating group) is 1. The molecule has 0 aliphatic carbocycles. The van der Waals surface area contributed by atoms with E-state index in [1.807, 2.05) is 14.1 Å². The number of rotatable bonds is 4. The van der Waals surface area contributed by atoms with Crippen LogP contribution in [0.15, 0.2) is 22.7 Å². The highest BCUT2D eigenvalue weighted by molar-refractivity contribution is 6.31. The molecule has 0 bridgehead atoms. The third-order valence-corrected chi connectivity index (χ3v) is 2.73. The highest BCUT2D eigenvalue weighted by atomic mass is 35.5. The lowest BCUT2D eigenvalue weighted by Crippen LogP contribution is -2.15. The number of hydrogen-bond acceptors (Lipinski definition) is 5. The summed E-state index contributed by atoms with van der Waals surface area (Å²) < 4.78 is 5.20. The van der Waals surface area contributed by atoms with Gasteiger partial charge in [-0.15, -0.1) is 0 Å². The molecular weight excluding hydrogens is 252 g/mol. The van der Waals surface area contributed by atoms with Gasteiger partial charge in [-0.3, -0.25) is 0 Å². The highest BCUT2D eigenvalue weighted by Gasteiger charge is 2.12. The quantitative estimate of drug-likeness (QED) is 0.858. The molecule has 1 aromatic carbocycles. The summed E-state index contributed by atoms with van der Waals surface area (Å²) in [6.07, 6.45) is 0.740. The zero-order valence-electron chi connectivity index (χ0n) is 10.4. The summed E-state index contributed by atoms with van der Waals surface area (Å²) in [5.74, 6) is 1.10. The normalized spacial score (nSPS) is 11.1. The van der Waals surface area contributed by atoms with E-state index in [4.69, 9.17) is 21.9 Å². The van der Waals surface area contributed by atoms with Crippen LogP contribution in [-0.4, -0.2) is 35.7 Å². The summed E-state index contributed by atoms with van der Waals surface area (Å²) in [5, 5.41) is 4.51. The Labute approximate surface area is 111 Å². The Hall–Kier alpha value is -1.59. The minimum atomic E-state index is 0.429. The maximum Gasteiger partial charge on any atom is 0.260 e. The fourth-order valence-corrected chi connectivity index (χ4v) is 1.70. The molecule has 18 heavy (non-hydrogen) atoms. The second-order valence-electron chi connectivity index (χ2n) is 4.30. The predicted molar refractivity (Wildman–Crippen MR) is 71.4 cm³/mol. The van der Waals surface area contributed by atoms with Crippen LogP contribution >= 0.6 is 11.6 Å². The van der Waals surface area contributed by atoms with E-state index in [-0.39, 0.29) is 0 Å². The summed E-state index contributed by atoms with van der Waals surface area (Å²) in [6, 6.07) is 5.19. The molecule has 0 saturated heterocycles. The maximum absolute atomic E-state index is 5.86. The second-order valence-corrected chi connectivity index (χ2v) is 4.74. The molecule has 0 atom stereocenters. The lowest BCUT2D eigenvalue weighted by Gasteiger charge is -2.05. The van der Waals surface area contributed by atoms with E-state index in [1.54, 1.807) is 18.2 Å². The van der Waals surface area contributed by atoms with Crippen LogP contribution in [0.3, 0.4) is 0 Å². The average Bonchev–Trinajstić information content (AvgIpc) is 2.75. The molecule has 0 fully saturated rings. The Morgan fingerprint density at radius 2 is 2.17 bits per heavy atom. The lowest BCUT2D eigenvalue weighted by atomic mass is 10.2. The van der Waals surface area contributed by atoms with Crippen LogP contribution < -0.4 is 5.73 Å². The van der Waals surface area contributed by atoms with E-state index in [1.165, 1.54) is 0 Å². The van der Waals surface area contributed by atoms with Crippen molar-refractivity contribution in [3.63, 3.8) is 0 Å². The number of aromatic nitrogens is 2. The van der Waals surface area contributed by atoms with Crippen LogP contribution in [0.4, 0.5) is 5.69 Å². The summed E-state index contributed by atoms with van der Waals surface area (Å²) in [6.45, 7) is 0.870. The van der Waals surface area contributed by atoms with E-state index in [0.717, 1.165) is 13.0 Å². The molecule has 6 heteroatoms. The molecule has 0 amide bonds. The van der Waals surface area contributed by atoms with Gasteiger partial charge in [0.1, 0.15) is 0 Å². The van der Waals surface area contributed by atoms with E-state index >= 15 is 0 Å². The molecule has 0 unspecified atom stereocenters. The van der Waals surface area contributed by atoms with Crippen LogP contribution in [0, 0.1) is 0 Å². The third-order valence-electron chi connectivity index (χ3n) is 2.49. The second kappa shape index (κ2) is 5.37. The van der Waals surface area contributed by atoms with Gasteiger partial charge in [-0.25, -0.2) is 0 Å². The summed E-state index contributed by atoms with van der Waals surface area (Å²) >= 11 is 5.84. The molecule has 5 nitrogen and oxygen atoms in total. The van der Waals surface area contributed by atoms with Crippen molar-refractivity contribution in [2.24, 2.45) is 0 Å². The molecule has 0 aliphatic rings. The number of hydrogen-bond donors (Lipinski definition) is 1. The third kappa shape index (κ3) is 3.00. The van der Waals surface area contributed by atoms with Crippen molar-refractivity contribution in [1.82, 2.24) is 15.0 Å². The smallest absolute Gasteiger partial charge is 0.260 e. The Balaban J connectivity index is 2.18. The minimum absolute atomic E-state index is 0.429. The van der Waals surface area contributed by atoms with E-state index in [9.17, 15) is 0 Å². The first-order valence-electron chi connectivity index (χ1n) is 5.59. The van der Waals surface area contributed by atoms with Gasteiger partial charge >= 0.3 is 0 Å². The topological polar surface area (TPSA) is 68.2 Å².